The van der Waals surface area contributed by atoms with Gasteiger partial charge in [-0.3, -0.25) is 9.36 Å². The molecule has 8 heteroatoms. The summed E-state index contributed by atoms with van der Waals surface area (Å²) >= 11 is 6.15. The van der Waals surface area contributed by atoms with Gasteiger partial charge in [0.1, 0.15) is 5.82 Å². The van der Waals surface area contributed by atoms with Gasteiger partial charge in [-0.05, 0) is 42.3 Å². The van der Waals surface area contributed by atoms with Crippen LogP contribution in [0.1, 0.15) is 11.1 Å². The molecule has 2 heterocycles. The second kappa shape index (κ2) is 6.51. The van der Waals surface area contributed by atoms with Crippen molar-refractivity contribution in [3.05, 3.63) is 97.7 Å². The van der Waals surface area contributed by atoms with Gasteiger partial charge < -0.3 is 0 Å². The van der Waals surface area contributed by atoms with Crippen molar-refractivity contribution in [2.45, 2.75) is 13.5 Å². The standard InChI is InChI=1S/C19H14ClFN4O2/c1-12-15(20)6-3-7-16(12)23-8-9-24-17(18(23)26)22-25(19(24)27)11-13-4-2-5-14(21)10-13/h2-10H,11H2,1H3. The van der Waals surface area contributed by atoms with E-state index in [4.69, 9.17) is 11.6 Å². The molecular weight excluding hydrogens is 371 g/mol. The van der Waals surface area contributed by atoms with Crippen molar-refractivity contribution < 1.29 is 4.39 Å². The number of fused-ring (bicyclic) bond motifs is 1. The topological polar surface area (TPSA) is 61.3 Å². The van der Waals surface area contributed by atoms with E-state index < -0.39 is 17.1 Å². The van der Waals surface area contributed by atoms with Gasteiger partial charge in [0.05, 0.1) is 12.2 Å². The summed E-state index contributed by atoms with van der Waals surface area (Å²) in [7, 11) is 0. The molecule has 4 rings (SSSR count). The number of hydrogen-bond donors (Lipinski definition) is 0. The molecule has 0 spiro atoms. The lowest BCUT2D eigenvalue weighted by molar-refractivity contribution is 0.615. The van der Waals surface area contributed by atoms with Crippen LogP contribution < -0.4 is 11.2 Å². The van der Waals surface area contributed by atoms with Gasteiger partial charge in [-0.2, -0.15) is 0 Å². The Balaban J connectivity index is 1.86. The number of nitrogens with zero attached hydrogens (tertiary/aromatic N) is 4. The zero-order valence-electron chi connectivity index (χ0n) is 14.3. The molecule has 136 valence electrons. The molecule has 0 aliphatic rings. The Morgan fingerprint density at radius 1 is 1.11 bits per heavy atom. The maximum Gasteiger partial charge on any atom is 0.350 e. The second-order valence-electron chi connectivity index (χ2n) is 6.12. The minimum atomic E-state index is -0.471. The van der Waals surface area contributed by atoms with E-state index in [0.717, 1.165) is 10.2 Å². The van der Waals surface area contributed by atoms with Gasteiger partial charge in [0.15, 0.2) is 0 Å². The predicted molar refractivity (Wildman–Crippen MR) is 100 cm³/mol. The molecule has 27 heavy (non-hydrogen) atoms. The Hall–Kier alpha value is -3.19. The molecule has 4 aromatic rings. The monoisotopic (exact) mass is 384 g/mol. The van der Waals surface area contributed by atoms with E-state index in [1.807, 2.05) is 6.92 Å². The third kappa shape index (κ3) is 2.96. The molecule has 0 saturated heterocycles. The summed E-state index contributed by atoms with van der Waals surface area (Å²) < 4.78 is 17.1. The third-order valence-electron chi connectivity index (χ3n) is 4.37. The van der Waals surface area contributed by atoms with Crippen LogP contribution in [0.2, 0.25) is 5.02 Å². The van der Waals surface area contributed by atoms with Crippen molar-refractivity contribution in [2.75, 3.05) is 0 Å². The van der Waals surface area contributed by atoms with Gasteiger partial charge in [0, 0.05) is 17.4 Å². The lowest BCUT2D eigenvalue weighted by atomic mass is 10.2. The first-order valence-corrected chi connectivity index (χ1v) is 8.54. The summed E-state index contributed by atoms with van der Waals surface area (Å²) in [6.07, 6.45) is 2.98. The summed E-state index contributed by atoms with van der Waals surface area (Å²) in [4.78, 5) is 25.4. The largest absolute Gasteiger partial charge is 0.350 e. The van der Waals surface area contributed by atoms with E-state index in [2.05, 4.69) is 5.10 Å². The van der Waals surface area contributed by atoms with Crippen molar-refractivity contribution in [3.63, 3.8) is 0 Å². The van der Waals surface area contributed by atoms with Gasteiger partial charge >= 0.3 is 11.2 Å². The first kappa shape index (κ1) is 17.2. The molecule has 2 aromatic carbocycles. The summed E-state index contributed by atoms with van der Waals surface area (Å²) in [5, 5.41) is 4.69. The smallest absolute Gasteiger partial charge is 0.279 e. The Labute approximate surface area is 157 Å². The first-order valence-electron chi connectivity index (χ1n) is 8.16. The Bertz CT molecular complexity index is 1290. The Kier molecular flexibility index (Phi) is 4.16. The zero-order chi connectivity index (χ0) is 19.1. The molecule has 0 N–H and O–H groups in total. The molecule has 0 radical (unpaired) electrons. The molecule has 0 aliphatic heterocycles. The van der Waals surface area contributed by atoms with E-state index in [1.165, 1.54) is 33.5 Å². The zero-order valence-corrected chi connectivity index (χ0v) is 15.0. The molecule has 0 saturated carbocycles. The highest BCUT2D eigenvalue weighted by Gasteiger charge is 2.14. The lowest BCUT2D eigenvalue weighted by Crippen LogP contribution is -2.24. The third-order valence-corrected chi connectivity index (χ3v) is 4.77. The number of hydrogen-bond acceptors (Lipinski definition) is 3. The first-order chi connectivity index (χ1) is 13.0. The van der Waals surface area contributed by atoms with Gasteiger partial charge in [-0.25, -0.2) is 18.3 Å². The molecule has 2 aromatic heterocycles. The van der Waals surface area contributed by atoms with Crippen LogP contribution >= 0.6 is 11.6 Å². The molecule has 0 unspecified atom stereocenters. The predicted octanol–water partition coefficient (Wildman–Crippen LogP) is 2.80. The fourth-order valence-corrected chi connectivity index (χ4v) is 3.14. The molecule has 0 fully saturated rings. The molecule has 0 aliphatic carbocycles. The fourth-order valence-electron chi connectivity index (χ4n) is 2.97. The van der Waals surface area contributed by atoms with Gasteiger partial charge in [-0.15, -0.1) is 5.10 Å². The molecular formula is C19H14ClFN4O2. The number of rotatable bonds is 3. The van der Waals surface area contributed by atoms with Crippen LogP contribution in [0.5, 0.6) is 0 Å². The number of benzene rings is 2. The van der Waals surface area contributed by atoms with E-state index in [1.54, 1.807) is 30.3 Å². The van der Waals surface area contributed by atoms with Crippen LogP contribution in [0.4, 0.5) is 4.39 Å². The number of halogens is 2. The maximum atomic E-state index is 13.4. The van der Waals surface area contributed by atoms with Crippen molar-refractivity contribution in [3.8, 4) is 5.69 Å². The van der Waals surface area contributed by atoms with Crippen LogP contribution in [0, 0.1) is 12.7 Å². The summed E-state index contributed by atoms with van der Waals surface area (Å²) in [6.45, 7) is 1.87. The van der Waals surface area contributed by atoms with Crippen molar-refractivity contribution in [1.82, 2.24) is 18.7 Å². The average Bonchev–Trinajstić information content (AvgIpc) is 2.95. The van der Waals surface area contributed by atoms with Crippen LogP contribution in [0.25, 0.3) is 11.3 Å². The highest BCUT2D eigenvalue weighted by molar-refractivity contribution is 6.31. The maximum absolute atomic E-state index is 13.4. The minimum absolute atomic E-state index is 0.0155. The average molecular weight is 385 g/mol. The lowest BCUT2D eigenvalue weighted by Gasteiger charge is -2.09. The van der Waals surface area contributed by atoms with E-state index in [-0.39, 0.29) is 12.2 Å². The summed E-state index contributed by atoms with van der Waals surface area (Å²) in [5.41, 5.74) is 0.998. The van der Waals surface area contributed by atoms with Gasteiger partial charge in [0.2, 0.25) is 5.65 Å². The van der Waals surface area contributed by atoms with Gasteiger partial charge in [0.25, 0.3) is 0 Å². The molecule has 0 amide bonds. The Morgan fingerprint density at radius 2 is 1.89 bits per heavy atom. The normalized spacial score (nSPS) is 11.2. The highest BCUT2D eigenvalue weighted by Crippen LogP contribution is 2.21. The van der Waals surface area contributed by atoms with Gasteiger partial charge in [-0.1, -0.05) is 29.8 Å². The minimum Gasteiger partial charge on any atom is -0.279 e. The number of aromatic nitrogens is 4. The SMILES string of the molecule is Cc1c(Cl)cccc1-n1ccn2c(=O)n(Cc3cccc(F)c3)nc2c1=O. The summed E-state index contributed by atoms with van der Waals surface area (Å²) in [6, 6.07) is 11.1. The Morgan fingerprint density at radius 3 is 2.67 bits per heavy atom. The fraction of sp³-hybridized carbons (Fsp3) is 0.105. The van der Waals surface area contributed by atoms with Crippen LogP contribution in [0.15, 0.2) is 64.4 Å². The van der Waals surface area contributed by atoms with Crippen LogP contribution in [0.3, 0.4) is 0 Å². The molecule has 6 nitrogen and oxygen atoms in total. The second-order valence-corrected chi connectivity index (χ2v) is 6.53. The molecule has 0 bridgehead atoms. The van der Waals surface area contributed by atoms with E-state index in [9.17, 15) is 14.0 Å². The highest BCUT2D eigenvalue weighted by atomic mass is 35.5. The van der Waals surface area contributed by atoms with Crippen LogP contribution in [-0.4, -0.2) is 18.7 Å². The van der Waals surface area contributed by atoms with Crippen molar-refractivity contribution in [2.24, 2.45) is 0 Å². The van der Waals surface area contributed by atoms with E-state index in [0.29, 0.717) is 16.3 Å². The van der Waals surface area contributed by atoms with Crippen molar-refractivity contribution >= 4 is 17.2 Å². The quantitative estimate of drug-likeness (QED) is 0.545. The van der Waals surface area contributed by atoms with E-state index >= 15 is 0 Å². The molecule has 0 atom stereocenters. The summed E-state index contributed by atoms with van der Waals surface area (Å²) in [5.74, 6) is -0.400. The van der Waals surface area contributed by atoms with Crippen LogP contribution in [-0.2, 0) is 6.54 Å². The van der Waals surface area contributed by atoms with Crippen molar-refractivity contribution in [1.29, 1.82) is 0 Å².